The lowest BCUT2D eigenvalue weighted by molar-refractivity contribution is -0.117. The molecule has 23 heavy (non-hydrogen) atoms. The molecule has 1 unspecified atom stereocenters. The lowest BCUT2D eigenvalue weighted by Gasteiger charge is -2.16. The summed E-state index contributed by atoms with van der Waals surface area (Å²) in [6, 6.07) is 13.4. The third-order valence-electron chi connectivity index (χ3n) is 3.62. The molecule has 0 aromatic heterocycles. The van der Waals surface area contributed by atoms with E-state index in [1.165, 1.54) is 12.1 Å². The van der Waals surface area contributed by atoms with Gasteiger partial charge in [0.05, 0.1) is 0 Å². The Balaban J connectivity index is 0.00000192. The van der Waals surface area contributed by atoms with Gasteiger partial charge in [0.15, 0.2) is 0 Å². The molecule has 1 aliphatic heterocycles. The number of benzene rings is 2. The van der Waals surface area contributed by atoms with Crippen molar-refractivity contribution in [3.8, 4) is 5.75 Å². The van der Waals surface area contributed by atoms with Gasteiger partial charge in [-0.1, -0.05) is 12.1 Å². The van der Waals surface area contributed by atoms with Crippen molar-refractivity contribution in [3.63, 3.8) is 0 Å². The fraction of sp³-hybridized carbons (Fsp3) is 0.235. The third-order valence-corrected chi connectivity index (χ3v) is 3.62. The number of halogens is 2. The fourth-order valence-corrected chi connectivity index (χ4v) is 2.45. The summed E-state index contributed by atoms with van der Waals surface area (Å²) in [6.45, 7) is 0.918. The van der Waals surface area contributed by atoms with Crippen LogP contribution < -0.4 is 15.4 Å². The van der Waals surface area contributed by atoms with Crippen molar-refractivity contribution < 1.29 is 13.9 Å². The number of anilines is 1. The van der Waals surface area contributed by atoms with Gasteiger partial charge in [0.2, 0.25) is 5.91 Å². The second kappa shape index (κ2) is 7.44. The largest absolute Gasteiger partial charge is 0.489 e. The van der Waals surface area contributed by atoms with E-state index in [2.05, 4.69) is 0 Å². The molecule has 2 aromatic rings. The van der Waals surface area contributed by atoms with Crippen LogP contribution in [0.3, 0.4) is 0 Å². The molecule has 0 radical (unpaired) electrons. The lowest BCUT2D eigenvalue weighted by Crippen LogP contribution is -2.27. The molecule has 0 saturated carbocycles. The van der Waals surface area contributed by atoms with Crippen molar-refractivity contribution in [1.82, 2.24) is 0 Å². The number of rotatable bonds is 4. The molecule has 4 nitrogen and oxygen atoms in total. The number of carbonyl (C=O) groups excluding carboxylic acids is 1. The predicted octanol–water partition coefficient (Wildman–Crippen LogP) is 2.89. The van der Waals surface area contributed by atoms with Crippen LogP contribution in [0.4, 0.5) is 10.1 Å². The van der Waals surface area contributed by atoms with Crippen molar-refractivity contribution >= 4 is 24.0 Å². The monoisotopic (exact) mass is 336 g/mol. The van der Waals surface area contributed by atoms with E-state index in [1.807, 2.05) is 24.3 Å². The smallest absolute Gasteiger partial charge is 0.228 e. The molecular weight excluding hydrogens is 319 g/mol. The summed E-state index contributed by atoms with van der Waals surface area (Å²) < 4.78 is 18.5. The first-order valence-electron chi connectivity index (χ1n) is 7.15. The topological polar surface area (TPSA) is 55.6 Å². The van der Waals surface area contributed by atoms with Crippen molar-refractivity contribution in [2.45, 2.75) is 19.1 Å². The first-order chi connectivity index (χ1) is 10.6. The normalized spacial score (nSPS) is 17.0. The van der Waals surface area contributed by atoms with Crippen molar-refractivity contribution in [2.24, 2.45) is 5.73 Å². The average molecular weight is 337 g/mol. The summed E-state index contributed by atoms with van der Waals surface area (Å²) in [6.07, 6.45) is 0.392. The zero-order valence-electron chi connectivity index (χ0n) is 12.4. The molecule has 1 saturated heterocycles. The SMILES string of the molecule is Cl.NC1CC(=O)N(c2ccc(OCc3ccc(F)cc3)cc2)C1. The van der Waals surface area contributed by atoms with Crippen LogP contribution in [0.25, 0.3) is 0 Å². The molecule has 6 heteroatoms. The van der Waals surface area contributed by atoms with Gasteiger partial charge in [-0.05, 0) is 42.0 Å². The van der Waals surface area contributed by atoms with Gasteiger partial charge in [0.25, 0.3) is 0 Å². The molecule has 1 atom stereocenters. The Hall–Kier alpha value is -2.11. The number of ether oxygens (including phenoxy) is 1. The number of nitrogens with zero attached hydrogens (tertiary/aromatic N) is 1. The zero-order valence-corrected chi connectivity index (χ0v) is 13.3. The second-order valence-corrected chi connectivity index (χ2v) is 5.38. The Morgan fingerprint density at radius 1 is 1.13 bits per heavy atom. The van der Waals surface area contributed by atoms with E-state index < -0.39 is 0 Å². The van der Waals surface area contributed by atoms with Crippen molar-refractivity contribution in [2.75, 3.05) is 11.4 Å². The highest BCUT2D eigenvalue weighted by atomic mass is 35.5. The van der Waals surface area contributed by atoms with E-state index in [0.717, 1.165) is 11.3 Å². The van der Waals surface area contributed by atoms with Gasteiger partial charge in [-0.15, -0.1) is 12.4 Å². The van der Waals surface area contributed by atoms with E-state index in [1.54, 1.807) is 17.0 Å². The zero-order chi connectivity index (χ0) is 15.5. The minimum atomic E-state index is -0.262. The minimum Gasteiger partial charge on any atom is -0.489 e. The van der Waals surface area contributed by atoms with E-state index in [0.29, 0.717) is 25.3 Å². The second-order valence-electron chi connectivity index (χ2n) is 5.38. The van der Waals surface area contributed by atoms with Gasteiger partial charge in [-0.3, -0.25) is 4.79 Å². The Labute approximate surface area is 140 Å². The van der Waals surface area contributed by atoms with Gasteiger partial charge < -0.3 is 15.4 Å². The summed E-state index contributed by atoms with van der Waals surface area (Å²) in [5.41, 5.74) is 7.51. The van der Waals surface area contributed by atoms with Crippen molar-refractivity contribution in [1.29, 1.82) is 0 Å². The molecule has 1 fully saturated rings. The minimum absolute atomic E-state index is 0. The van der Waals surface area contributed by atoms with Crippen LogP contribution in [0.15, 0.2) is 48.5 Å². The number of hydrogen-bond donors (Lipinski definition) is 1. The maximum Gasteiger partial charge on any atom is 0.228 e. The lowest BCUT2D eigenvalue weighted by atomic mass is 10.2. The van der Waals surface area contributed by atoms with Crippen molar-refractivity contribution in [3.05, 3.63) is 59.9 Å². The van der Waals surface area contributed by atoms with Crippen LogP contribution in [0.1, 0.15) is 12.0 Å². The molecule has 1 heterocycles. The summed E-state index contributed by atoms with van der Waals surface area (Å²) in [5.74, 6) is 0.484. The van der Waals surface area contributed by atoms with Crippen LogP contribution in [0.5, 0.6) is 5.75 Å². The highest BCUT2D eigenvalue weighted by molar-refractivity contribution is 5.96. The molecule has 2 aromatic carbocycles. The highest BCUT2D eigenvalue weighted by Gasteiger charge is 2.27. The van der Waals surface area contributed by atoms with Crippen LogP contribution in [-0.4, -0.2) is 18.5 Å². The maximum absolute atomic E-state index is 12.8. The molecule has 0 bridgehead atoms. The van der Waals surface area contributed by atoms with E-state index >= 15 is 0 Å². The van der Waals surface area contributed by atoms with Crippen LogP contribution in [-0.2, 0) is 11.4 Å². The molecular formula is C17H18ClFN2O2. The Kier molecular flexibility index (Phi) is 5.58. The summed E-state index contributed by atoms with van der Waals surface area (Å²) in [4.78, 5) is 13.5. The number of amides is 1. The predicted molar refractivity (Wildman–Crippen MR) is 89.4 cm³/mol. The van der Waals surface area contributed by atoms with Gasteiger partial charge >= 0.3 is 0 Å². The molecule has 1 aliphatic rings. The molecule has 1 amide bonds. The molecule has 122 valence electrons. The Bertz CT molecular complexity index is 661. The molecule has 0 aliphatic carbocycles. The van der Waals surface area contributed by atoms with E-state index in [4.69, 9.17) is 10.5 Å². The maximum atomic E-state index is 12.8. The Morgan fingerprint density at radius 2 is 1.78 bits per heavy atom. The first-order valence-corrected chi connectivity index (χ1v) is 7.15. The summed E-state index contributed by atoms with van der Waals surface area (Å²) in [7, 11) is 0. The molecule has 3 rings (SSSR count). The standard InChI is InChI=1S/C17H17FN2O2.ClH/c18-13-3-1-12(2-4-13)11-22-16-7-5-15(6-8-16)20-10-14(19)9-17(20)21;/h1-8,14H,9-11,19H2;1H. The van der Waals surface area contributed by atoms with E-state index in [-0.39, 0.29) is 30.2 Å². The number of nitrogens with two attached hydrogens (primary N) is 1. The highest BCUT2D eigenvalue weighted by Crippen LogP contribution is 2.24. The number of carbonyl (C=O) groups is 1. The Morgan fingerprint density at radius 3 is 2.35 bits per heavy atom. The molecule has 0 spiro atoms. The first kappa shape index (κ1) is 17.2. The summed E-state index contributed by atoms with van der Waals surface area (Å²) >= 11 is 0. The van der Waals surface area contributed by atoms with E-state index in [9.17, 15) is 9.18 Å². The van der Waals surface area contributed by atoms with Crippen LogP contribution in [0, 0.1) is 5.82 Å². The van der Waals surface area contributed by atoms with Gasteiger partial charge in [0, 0.05) is 24.7 Å². The van der Waals surface area contributed by atoms with Crippen LogP contribution >= 0.6 is 12.4 Å². The average Bonchev–Trinajstić information content (AvgIpc) is 2.86. The van der Waals surface area contributed by atoms with Crippen LogP contribution in [0.2, 0.25) is 0 Å². The third kappa shape index (κ3) is 4.21. The van der Waals surface area contributed by atoms with Gasteiger partial charge in [-0.2, -0.15) is 0 Å². The quantitative estimate of drug-likeness (QED) is 0.934. The number of hydrogen-bond acceptors (Lipinski definition) is 3. The fourth-order valence-electron chi connectivity index (χ4n) is 2.45. The van der Waals surface area contributed by atoms with Gasteiger partial charge in [0.1, 0.15) is 18.2 Å². The molecule has 2 N–H and O–H groups in total. The summed E-state index contributed by atoms with van der Waals surface area (Å²) in [5, 5.41) is 0. The van der Waals surface area contributed by atoms with Gasteiger partial charge in [-0.25, -0.2) is 4.39 Å².